The second kappa shape index (κ2) is 11.2. The van der Waals surface area contributed by atoms with Crippen molar-refractivity contribution < 1.29 is 4.79 Å². The van der Waals surface area contributed by atoms with Crippen LogP contribution in [0.1, 0.15) is 20.8 Å². The van der Waals surface area contributed by atoms with Crippen LogP contribution in [0.25, 0.3) is 0 Å². The number of rotatable bonds is 5. The molecule has 0 amide bonds. The lowest BCUT2D eigenvalue weighted by atomic mass is 10.1. The zero-order chi connectivity index (χ0) is 16.1. The molecule has 0 aliphatic heterocycles. The lowest BCUT2D eigenvalue weighted by Crippen LogP contribution is -1.93. The highest BCUT2D eigenvalue weighted by Gasteiger charge is 1.97. The molecule has 0 spiro atoms. The number of hydrogen-bond donors (Lipinski definition) is 0. The SMILES string of the molecule is C#C/C(=C\C=C/C(=C)C=O)C(C)=Nc1ccccc1.CC. The number of benzene rings is 1. The van der Waals surface area contributed by atoms with Crippen LogP contribution in [0.5, 0.6) is 0 Å². The van der Waals surface area contributed by atoms with Crippen LogP contribution in [0.4, 0.5) is 5.69 Å². The number of aldehydes is 1. The molecular formula is C19H21NO. The molecule has 2 nitrogen and oxygen atoms in total. The fraction of sp³-hybridized carbons (Fsp3) is 0.158. The highest BCUT2D eigenvalue weighted by atomic mass is 16.1. The molecule has 1 aromatic carbocycles. The smallest absolute Gasteiger partial charge is 0.149 e. The predicted octanol–water partition coefficient (Wildman–Crippen LogP) is 4.68. The number of hydrogen-bond acceptors (Lipinski definition) is 2. The third kappa shape index (κ3) is 7.49. The maximum atomic E-state index is 10.4. The molecule has 0 saturated carbocycles. The number of nitrogens with zero attached hydrogens (tertiary/aromatic N) is 1. The van der Waals surface area contributed by atoms with E-state index in [-0.39, 0.29) is 0 Å². The molecule has 0 N–H and O–H groups in total. The topological polar surface area (TPSA) is 29.4 Å². The molecule has 1 aromatic rings. The molecule has 1 rings (SSSR count). The van der Waals surface area contributed by atoms with Gasteiger partial charge in [-0.3, -0.25) is 9.79 Å². The fourth-order valence-electron chi connectivity index (χ4n) is 1.34. The van der Waals surface area contributed by atoms with Crippen molar-refractivity contribution in [2.45, 2.75) is 20.8 Å². The summed E-state index contributed by atoms with van der Waals surface area (Å²) in [5.41, 5.74) is 2.65. The molecule has 0 fully saturated rings. The van der Waals surface area contributed by atoms with Gasteiger partial charge in [0.05, 0.1) is 11.4 Å². The van der Waals surface area contributed by atoms with E-state index in [0.29, 0.717) is 17.4 Å². The average Bonchev–Trinajstić information content (AvgIpc) is 2.54. The Morgan fingerprint density at radius 3 is 2.43 bits per heavy atom. The van der Waals surface area contributed by atoms with Crippen LogP contribution in [0, 0.1) is 12.3 Å². The summed E-state index contributed by atoms with van der Waals surface area (Å²) in [7, 11) is 0. The Labute approximate surface area is 127 Å². The molecular weight excluding hydrogens is 258 g/mol. The van der Waals surface area contributed by atoms with Gasteiger partial charge in [0, 0.05) is 11.1 Å². The third-order valence-electron chi connectivity index (χ3n) is 2.32. The molecule has 0 aliphatic rings. The van der Waals surface area contributed by atoms with Gasteiger partial charge < -0.3 is 0 Å². The van der Waals surface area contributed by atoms with Crippen molar-refractivity contribution in [2.75, 3.05) is 0 Å². The Morgan fingerprint density at radius 2 is 1.90 bits per heavy atom. The highest BCUT2D eigenvalue weighted by molar-refractivity contribution is 6.03. The van der Waals surface area contributed by atoms with Crippen molar-refractivity contribution in [1.29, 1.82) is 0 Å². The van der Waals surface area contributed by atoms with Gasteiger partial charge in [-0.15, -0.1) is 6.42 Å². The Hall–Kier alpha value is -2.66. The fourth-order valence-corrected chi connectivity index (χ4v) is 1.34. The van der Waals surface area contributed by atoms with Crippen LogP contribution in [0.15, 0.2) is 71.3 Å². The van der Waals surface area contributed by atoms with Crippen molar-refractivity contribution in [3.8, 4) is 12.3 Å². The van der Waals surface area contributed by atoms with E-state index in [4.69, 9.17) is 6.42 Å². The Morgan fingerprint density at radius 1 is 1.29 bits per heavy atom. The van der Waals surface area contributed by atoms with Crippen LogP contribution < -0.4 is 0 Å². The van der Waals surface area contributed by atoms with Crippen molar-refractivity contribution in [1.82, 2.24) is 0 Å². The summed E-state index contributed by atoms with van der Waals surface area (Å²) in [6.45, 7) is 9.39. The summed E-state index contributed by atoms with van der Waals surface area (Å²) in [5.74, 6) is 2.57. The molecule has 21 heavy (non-hydrogen) atoms. The average molecular weight is 279 g/mol. The van der Waals surface area contributed by atoms with Crippen molar-refractivity contribution in [3.63, 3.8) is 0 Å². The second-order valence-corrected chi connectivity index (χ2v) is 3.81. The van der Waals surface area contributed by atoms with E-state index in [9.17, 15) is 4.79 Å². The zero-order valence-electron chi connectivity index (χ0n) is 12.8. The summed E-state index contributed by atoms with van der Waals surface area (Å²) < 4.78 is 0. The first-order chi connectivity index (χ1) is 10.2. The van der Waals surface area contributed by atoms with E-state index in [1.807, 2.05) is 51.1 Å². The van der Waals surface area contributed by atoms with Gasteiger partial charge >= 0.3 is 0 Å². The van der Waals surface area contributed by atoms with Crippen molar-refractivity contribution in [3.05, 3.63) is 66.3 Å². The monoisotopic (exact) mass is 279 g/mol. The highest BCUT2D eigenvalue weighted by Crippen LogP contribution is 2.12. The third-order valence-corrected chi connectivity index (χ3v) is 2.32. The minimum absolute atomic E-state index is 0.394. The molecule has 108 valence electrons. The van der Waals surface area contributed by atoms with Crippen LogP contribution in [-0.4, -0.2) is 12.0 Å². The lowest BCUT2D eigenvalue weighted by molar-refractivity contribution is -0.104. The number of carbonyl (C=O) groups excluding carboxylic acids is 1. The van der Waals surface area contributed by atoms with Gasteiger partial charge in [-0.2, -0.15) is 0 Å². The van der Waals surface area contributed by atoms with Gasteiger partial charge in [0.2, 0.25) is 0 Å². The number of terminal acetylenes is 1. The largest absolute Gasteiger partial charge is 0.298 e. The number of carbonyl (C=O) groups is 1. The summed E-state index contributed by atoms with van der Waals surface area (Å²) in [6.07, 6.45) is 11.2. The lowest BCUT2D eigenvalue weighted by Gasteiger charge is -1.99. The molecule has 0 bridgehead atoms. The first-order valence-corrected chi connectivity index (χ1v) is 6.77. The zero-order valence-corrected chi connectivity index (χ0v) is 12.8. The number of para-hydroxylation sites is 1. The minimum Gasteiger partial charge on any atom is -0.298 e. The van der Waals surface area contributed by atoms with Crippen molar-refractivity contribution >= 4 is 17.7 Å². The molecule has 2 heteroatoms. The first-order valence-electron chi connectivity index (χ1n) is 6.77. The van der Waals surface area contributed by atoms with E-state index < -0.39 is 0 Å². The number of allylic oxidation sites excluding steroid dienone is 5. The van der Waals surface area contributed by atoms with Gasteiger partial charge in [-0.1, -0.05) is 56.7 Å². The van der Waals surface area contributed by atoms with Crippen LogP contribution in [-0.2, 0) is 4.79 Å². The van der Waals surface area contributed by atoms with Crippen molar-refractivity contribution in [2.24, 2.45) is 4.99 Å². The molecule has 0 saturated heterocycles. The molecule has 0 aromatic heterocycles. The molecule has 0 atom stereocenters. The summed E-state index contributed by atoms with van der Waals surface area (Å²) in [5, 5.41) is 0. The number of aliphatic imine (C=N–C) groups is 1. The van der Waals surface area contributed by atoms with E-state index in [1.54, 1.807) is 18.2 Å². The van der Waals surface area contributed by atoms with E-state index >= 15 is 0 Å². The van der Waals surface area contributed by atoms with Gasteiger partial charge in [0.15, 0.2) is 0 Å². The van der Waals surface area contributed by atoms with E-state index in [0.717, 1.165) is 11.4 Å². The van der Waals surface area contributed by atoms with E-state index in [2.05, 4.69) is 17.5 Å². The normalized spacial score (nSPS) is 11.3. The van der Waals surface area contributed by atoms with Gasteiger partial charge in [0.1, 0.15) is 6.29 Å². The molecule has 0 radical (unpaired) electrons. The summed E-state index contributed by atoms with van der Waals surface area (Å²) >= 11 is 0. The quantitative estimate of drug-likeness (QED) is 0.253. The Balaban J connectivity index is 0.00000191. The van der Waals surface area contributed by atoms with Gasteiger partial charge in [-0.25, -0.2) is 0 Å². The molecule has 0 heterocycles. The Bertz CT molecular complexity index is 584. The predicted molar refractivity (Wildman–Crippen MR) is 91.8 cm³/mol. The Kier molecular flexibility index (Phi) is 9.77. The summed E-state index contributed by atoms with van der Waals surface area (Å²) in [6, 6.07) is 9.57. The molecule has 0 aliphatic carbocycles. The van der Waals surface area contributed by atoms with E-state index in [1.165, 1.54) is 0 Å². The van der Waals surface area contributed by atoms with Crippen LogP contribution in [0.2, 0.25) is 0 Å². The minimum atomic E-state index is 0.394. The maximum absolute atomic E-state index is 10.4. The van der Waals surface area contributed by atoms with Gasteiger partial charge in [0.25, 0.3) is 0 Å². The van der Waals surface area contributed by atoms with Crippen LogP contribution in [0.3, 0.4) is 0 Å². The first kappa shape index (κ1) is 18.3. The standard InChI is InChI=1S/C17H15NO.C2H6/c1-4-16(10-8-9-14(2)13-19)15(3)18-17-11-6-5-7-12-17;1-2/h1,5-13H,2H2,3H3;1-2H3/b9-8-,16-10+,18-15?;. The molecule has 0 unspecified atom stereocenters. The van der Waals surface area contributed by atoms with Crippen LogP contribution >= 0.6 is 0 Å². The second-order valence-electron chi connectivity index (χ2n) is 3.81. The van der Waals surface area contributed by atoms with Gasteiger partial charge in [-0.05, 0) is 25.1 Å². The maximum Gasteiger partial charge on any atom is 0.149 e. The summed E-state index contributed by atoms with van der Waals surface area (Å²) in [4.78, 5) is 14.8.